The second-order valence-electron chi connectivity index (χ2n) is 4.11. The van der Waals surface area contributed by atoms with Gasteiger partial charge in [0.1, 0.15) is 0 Å². The number of benzene rings is 1. The van der Waals surface area contributed by atoms with Crippen molar-refractivity contribution in [1.29, 1.82) is 0 Å². The summed E-state index contributed by atoms with van der Waals surface area (Å²) < 4.78 is 10.4. The maximum absolute atomic E-state index is 11.6. The van der Waals surface area contributed by atoms with Gasteiger partial charge in [0.05, 0.1) is 19.0 Å². The van der Waals surface area contributed by atoms with E-state index < -0.39 is 0 Å². The maximum atomic E-state index is 11.6. The Hall–Kier alpha value is -1.23. The summed E-state index contributed by atoms with van der Waals surface area (Å²) in [6.45, 7) is 2.57. The number of carbonyl (C=O) groups excluding carboxylic acids is 1. The summed E-state index contributed by atoms with van der Waals surface area (Å²) in [7, 11) is 3.22. The van der Waals surface area contributed by atoms with E-state index in [4.69, 9.17) is 9.47 Å². The lowest BCUT2D eigenvalue weighted by Crippen LogP contribution is -2.32. The number of methoxy groups -OCH3 is 2. The lowest BCUT2D eigenvalue weighted by Gasteiger charge is -2.11. The van der Waals surface area contributed by atoms with Gasteiger partial charge in [0.25, 0.3) is 0 Å². The molecule has 106 valence electrons. The zero-order chi connectivity index (χ0) is 14.3. The standard InChI is InChI=1S/C14H20BrNO3/c1-4-11(15)14(17)16-8-7-10-5-6-12(18-2)13(9-10)19-3/h5-6,9,11H,4,7-8H2,1-3H3,(H,16,17)/t11-/m1/s1. The minimum Gasteiger partial charge on any atom is -0.493 e. The molecule has 0 aromatic heterocycles. The van der Waals surface area contributed by atoms with Gasteiger partial charge in [-0.2, -0.15) is 0 Å². The number of ether oxygens (including phenoxy) is 2. The van der Waals surface area contributed by atoms with Crippen LogP contribution in [0.15, 0.2) is 18.2 Å². The van der Waals surface area contributed by atoms with Crippen LogP contribution in [0.25, 0.3) is 0 Å². The van der Waals surface area contributed by atoms with Crippen molar-refractivity contribution < 1.29 is 14.3 Å². The summed E-state index contributed by atoms with van der Waals surface area (Å²) in [5.41, 5.74) is 1.10. The van der Waals surface area contributed by atoms with Crippen LogP contribution in [0.3, 0.4) is 0 Å². The van der Waals surface area contributed by atoms with Crippen molar-refractivity contribution in [2.75, 3.05) is 20.8 Å². The van der Waals surface area contributed by atoms with Crippen molar-refractivity contribution in [3.8, 4) is 11.5 Å². The third-order valence-corrected chi connectivity index (χ3v) is 3.87. The van der Waals surface area contributed by atoms with E-state index in [-0.39, 0.29) is 10.7 Å². The molecule has 0 spiro atoms. The van der Waals surface area contributed by atoms with Crippen molar-refractivity contribution >= 4 is 21.8 Å². The van der Waals surface area contributed by atoms with Gasteiger partial charge < -0.3 is 14.8 Å². The van der Waals surface area contributed by atoms with E-state index in [1.807, 2.05) is 25.1 Å². The van der Waals surface area contributed by atoms with Crippen LogP contribution < -0.4 is 14.8 Å². The van der Waals surface area contributed by atoms with Crippen LogP contribution in [0.1, 0.15) is 18.9 Å². The van der Waals surface area contributed by atoms with Gasteiger partial charge in [-0.3, -0.25) is 4.79 Å². The Morgan fingerprint density at radius 3 is 2.58 bits per heavy atom. The number of hydrogen-bond donors (Lipinski definition) is 1. The second-order valence-corrected chi connectivity index (χ2v) is 5.21. The van der Waals surface area contributed by atoms with E-state index in [1.165, 1.54) is 0 Å². The number of alkyl halides is 1. The molecule has 0 fully saturated rings. The zero-order valence-corrected chi connectivity index (χ0v) is 13.1. The Morgan fingerprint density at radius 1 is 1.32 bits per heavy atom. The normalized spacial score (nSPS) is 11.8. The van der Waals surface area contributed by atoms with Crippen LogP contribution in [0.2, 0.25) is 0 Å². The average molecular weight is 330 g/mol. The first-order valence-electron chi connectivity index (χ1n) is 6.25. The Bertz CT molecular complexity index is 423. The average Bonchev–Trinajstić information content (AvgIpc) is 2.45. The molecule has 0 bridgehead atoms. The number of halogens is 1. The predicted octanol–water partition coefficient (Wildman–Crippen LogP) is 2.54. The fourth-order valence-corrected chi connectivity index (χ4v) is 1.82. The summed E-state index contributed by atoms with van der Waals surface area (Å²) in [5, 5.41) is 2.89. The summed E-state index contributed by atoms with van der Waals surface area (Å²) >= 11 is 3.32. The van der Waals surface area contributed by atoms with Gasteiger partial charge in [0.15, 0.2) is 11.5 Å². The highest BCUT2D eigenvalue weighted by atomic mass is 79.9. The summed E-state index contributed by atoms with van der Waals surface area (Å²) in [6, 6.07) is 5.77. The van der Waals surface area contributed by atoms with Crippen molar-refractivity contribution in [2.24, 2.45) is 0 Å². The van der Waals surface area contributed by atoms with Crippen molar-refractivity contribution in [3.05, 3.63) is 23.8 Å². The molecule has 0 unspecified atom stereocenters. The fourth-order valence-electron chi connectivity index (χ4n) is 1.66. The maximum Gasteiger partial charge on any atom is 0.233 e. The molecule has 1 rings (SSSR count). The minimum atomic E-state index is -0.113. The van der Waals surface area contributed by atoms with Crippen molar-refractivity contribution in [3.63, 3.8) is 0 Å². The Labute approximate surface area is 122 Å². The highest BCUT2D eigenvalue weighted by Gasteiger charge is 2.11. The molecule has 0 aliphatic carbocycles. The number of rotatable bonds is 7. The lowest BCUT2D eigenvalue weighted by atomic mass is 10.1. The smallest absolute Gasteiger partial charge is 0.233 e. The SMILES string of the molecule is CC[C@@H](Br)C(=O)NCCc1ccc(OC)c(OC)c1. The van der Waals surface area contributed by atoms with Gasteiger partial charge >= 0.3 is 0 Å². The molecule has 1 aromatic carbocycles. The predicted molar refractivity (Wildman–Crippen MR) is 79.3 cm³/mol. The van der Waals surface area contributed by atoms with Gasteiger partial charge in [0, 0.05) is 6.54 Å². The summed E-state index contributed by atoms with van der Waals surface area (Å²) in [4.78, 5) is 11.5. The molecule has 19 heavy (non-hydrogen) atoms. The van der Waals surface area contributed by atoms with E-state index >= 15 is 0 Å². The molecule has 0 aliphatic rings. The minimum absolute atomic E-state index is 0.0305. The number of carbonyl (C=O) groups is 1. The van der Waals surface area contributed by atoms with Crippen LogP contribution in [-0.4, -0.2) is 31.5 Å². The van der Waals surface area contributed by atoms with Crippen LogP contribution >= 0.6 is 15.9 Å². The summed E-state index contributed by atoms with van der Waals surface area (Å²) in [5.74, 6) is 1.45. The molecule has 1 amide bonds. The Morgan fingerprint density at radius 2 is 2.00 bits per heavy atom. The van der Waals surface area contributed by atoms with E-state index in [1.54, 1.807) is 14.2 Å². The molecule has 5 heteroatoms. The monoisotopic (exact) mass is 329 g/mol. The molecule has 0 aliphatic heterocycles. The van der Waals surface area contributed by atoms with E-state index in [2.05, 4.69) is 21.2 Å². The number of nitrogens with one attached hydrogen (secondary N) is 1. The van der Waals surface area contributed by atoms with Gasteiger partial charge in [-0.1, -0.05) is 28.9 Å². The van der Waals surface area contributed by atoms with Crippen LogP contribution in [0.5, 0.6) is 11.5 Å². The zero-order valence-electron chi connectivity index (χ0n) is 11.5. The molecule has 1 aromatic rings. The molecule has 0 heterocycles. The lowest BCUT2D eigenvalue weighted by molar-refractivity contribution is -0.120. The summed E-state index contributed by atoms with van der Waals surface area (Å²) in [6.07, 6.45) is 1.54. The van der Waals surface area contributed by atoms with Crippen LogP contribution in [-0.2, 0) is 11.2 Å². The van der Waals surface area contributed by atoms with Gasteiger partial charge in [0.2, 0.25) is 5.91 Å². The fraction of sp³-hybridized carbons (Fsp3) is 0.500. The quantitative estimate of drug-likeness (QED) is 0.782. The Kier molecular flexibility index (Phi) is 6.70. The molecule has 4 nitrogen and oxygen atoms in total. The van der Waals surface area contributed by atoms with E-state index in [0.717, 1.165) is 18.4 Å². The first kappa shape index (κ1) is 15.8. The molecule has 0 saturated heterocycles. The molecule has 0 saturated carbocycles. The molecule has 1 N–H and O–H groups in total. The molecular weight excluding hydrogens is 310 g/mol. The third-order valence-electron chi connectivity index (χ3n) is 2.80. The van der Waals surface area contributed by atoms with Gasteiger partial charge in [-0.05, 0) is 30.5 Å². The molecular formula is C14H20BrNO3. The topological polar surface area (TPSA) is 47.6 Å². The molecule has 0 radical (unpaired) electrons. The van der Waals surface area contributed by atoms with E-state index in [0.29, 0.717) is 18.0 Å². The van der Waals surface area contributed by atoms with Crippen molar-refractivity contribution in [2.45, 2.75) is 24.6 Å². The third kappa shape index (κ3) is 4.74. The number of amides is 1. The van der Waals surface area contributed by atoms with Crippen LogP contribution in [0, 0.1) is 0 Å². The largest absolute Gasteiger partial charge is 0.493 e. The van der Waals surface area contributed by atoms with Crippen LogP contribution in [0.4, 0.5) is 0 Å². The first-order valence-corrected chi connectivity index (χ1v) is 7.16. The number of hydrogen-bond acceptors (Lipinski definition) is 3. The van der Waals surface area contributed by atoms with Gasteiger partial charge in [-0.25, -0.2) is 0 Å². The second kappa shape index (κ2) is 8.04. The Balaban J connectivity index is 2.52. The first-order chi connectivity index (χ1) is 9.12. The van der Waals surface area contributed by atoms with Crippen molar-refractivity contribution in [1.82, 2.24) is 5.32 Å². The molecule has 1 atom stereocenters. The highest BCUT2D eigenvalue weighted by Crippen LogP contribution is 2.27. The highest BCUT2D eigenvalue weighted by molar-refractivity contribution is 9.10. The van der Waals surface area contributed by atoms with E-state index in [9.17, 15) is 4.79 Å². The van der Waals surface area contributed by atoms with Gasteiger partial charge in [-0.15, -0.1) is 0 Å².